The average Bonchev–Trinajstić information content (AvgIpc) is 3.21. The Balaban J connectivity index is 1.42. The number of sulfone groups is 1. The van der Waals surface area contributed by atoms with Crippen LogP contribution in [0.4, 0.5) is 11.4 Å². The Bertz CT molecular complexity index is 1270. The van der Waals surface area contributed by atoms with E-state index in [1.807, 2.05) is 12.1 Å². The molecule has 2 amide bonds. The molecule has 158 valence electrons. The molecule has 8 heteroatoms. The molecule has 0 atom stereocenters. The normalized spacial score (nSPS) is 12.8. The van der Waals surface area contributed by atoms with Gasteiger partial charge in [0.1, 0.15) is 0 Å². The van der Waals surface area contributed by atoms with Gasteiger partial charge in [0.05, 0.1) is 18.1 Å². The van der Waals surface area contributed by atoms with E-state index in [0.717, 1.165) is 17.4 Å². The summed E-state index contributed by atoms with van der Waals surface area (Å²) in [4.78, 5) is 25.1. The van der Waals surface area contributed by atoms with Crippen LogP contribution in [0, 0.1) is 0 Å². The van der Waals surface area contributed by atoms with Gasteiger partial charge in [0.15, 0.2) is 9.84 Å². The highest BCUT2D eigenvalue weighted by Gasteiger charge is 2.15. The minimum atomic E-state index is -3.37. The number of carbonyl (C=O) groups excluding carboxylic acids is 2. The zero-order valence-electron chi connectivity index (χ0n) is 16.7. The molecule has 0 fully saturated rings. The summed E-state index contributed by atoms with van der Waals surface area (Å²) in [6.45, 7) is 1.08. The highest BCUT2D eigenvalue weighted by Crippen LogP contribution is 2.22. The summed E-state index contributed by atoms with van der Waals surface area (Å²) in [5.41, 5.74) is 3.95. The Morgan fingerprint density at radius 2 is 1.42 bits per heavy atom. The fraction of sp³-hybridized carbons (Fsp3) is 0.130. The van der Waals surface area contributed by atoms with Crippen molar-refractivity contribution >= 4 is 33.0 Å². The van der Waals surface area contributed by atoms with Crippen LogP contribution in [0.2, 0.25) is 0 Å². The summed E-state index contributed by atoms with van der Waals surface area (Å²) in [6.07, 6.45) is 1.11. The van der Waals surface area contributed by atoms with Crippen LogP contribution in [-0.4, -0.2) is 26.5 Å². The molecule has 3 aromatic rings. The largest absolute Gasteiger partial charge is 0.372 e. The summed E-state index contributed by atoms with van der Waals surface area (Å²) >= 11 is 0. The van der Waals surface area contributed by atoms with Gasteiger partial charge in [0.2, 0.25) is 0 Å². The predicted octanol–water partition coefficient (Wildman–Crippen LogP) is 3.62. The summed E-state index contributed by atoms with van der Waals surface area (Å²) in [6, 6.07) is 18.0. The summed E-state index contributed by atoms with van der Waals surface area (Å²) in [5.74, 6) is -0.633. The molecule has 0 radical (unpaired) electrons. The standard InChI is InChI=1S/C23H20N2O5S/c1-31(28,29)21-4-2-3-20(12-21)25-22(26)15-7-9-19(10-8-15)24-23(27)16-5-6-17-13-30-14-18(17)11-16/h2-12H,13-14H2,1H3,(H,24,27)(H,25,26). The highest BCUT2D eigenvalue weighted by molar-refractivity contribution is 7.90. The van der Waals surface area contributed by atoms with Crippen molar-refractivity contribution in [3.05, 3.63) is 89.0 Å². The lowest BCUT2D eigenvalue weighted by Gasteiger charge is -2.09. The van der Waals surface area contributed by atoms with E-state index in [0.29, 0.717) is 35.7 Å². The van der Waals surface area contributed by atoms with Crippen molar-refractivity contribution in [2.24, 2.45) is 0 Å². The average molecular weight is 436 g/mol. The van der Waals surface area contributed by atoms with Gasteiger partial charge < -0.3 is 15.4 Å². The fourth-order valence-corrected chi connectivity index (χ4v) is 3.90. The van der Waals surface area contributed by atoms with E-state index in [1.165, 1.54) is 12.1 Å². The van der Waals surface area contributed by atoms with Gasteiger partial charge in [-0.05, 0) is 65.7 Å². The summed E-state index contributed by atoms with van der Waals surface area (Å²) in [5, 5.41) is 5.49. The smallest absolute Gasteiger partial charge is 0.255 e. The van der Waals surface area contributed by atoms with Crippen LogP contribution in [0.1, 0.15) is 31.8 Å². The van der Waals surface area contributed by atoms with Crippen LogP contribution in [0.3, 0.4) is 0 Å². The number of amides is 2. The molecule has 1 aliphatic heterocycles. The van der Waals surface area contributed by atoms with Crippen LogP contribution >= 0.6 is 0 Å². The molecule has 0 spiro atoms. The summed E-state index contributed by atoms with van der Waals surface area (Å²) in [7, 11) is -3.37. The molecule has 0 saturated carbocycles. The van der Waals surface area contributed by atoms with Gasteiger partial charge in [-0.3, -0.25) is 9.59 Å². The Morgan fingerprint density at radius 1 is 0.774 bits per heavy atom. The third kappa shape index (κ3) is 4.82. The van der Waals surface area contributed by atoms with E-state index in [4.69, 9.17) is 4.74 Å². The number of anilines is 2. The summed E-state index contributed by atoms with van der Waals surface area (Å²) < 4.78 is 28.7. The first-order chi connectivity index (χ1) is 14.8. The number of nitrogens with one attached hydrogen (secondary N) is 2. The van der Waals surface area contributed by atoms with Crippen molar-refractivity contribution in [1.82, 2.24) is 0 Å². The van der Waals surface area contributed by atoms with Crippen LogP contribution in [0.5, 0.6) is 0 Å². The molecule has 0 aliphatic carbocycles. The lowest BCUT2D eigenvalue weighted by Crippen LogP contribution is -2.14. The monoisotopic (exact) mass is 436 g/mol. The molecule has 0 bridgehead atoms. The van der Waals surface area contributed by atoms with Gasteiger partial charge in [-0.15, -0.1) is 0 Å². The maximum atomic E-state index is 12.5. The Hall–Kier alpha value is -3.49. The molecule has 0 saturated heterocycles. The van der Waals surface area contributed by atoms with E-state index in [9.17, 15) is 18.0 Å². The van der Waals surface area contributed by atoms with Crippen molar-refractivity contribution in [1.29, 1.82) is 0 Å². The third-order valence-corrected chi connectivity index (χ3v) is 6.02. The Labute approximate surface area is 180 Å². The minimum absolute atomic E-state index is 0.126. The van der Waals surface area contributed by atoms with Gasteiger partial charge in [-0.2, -0.15) is 0 Å². The number of ether oxygens (including phenoxy) is 1. The number of rotatable bonds is 5. The first-order valence-corrected chi connectivity index (χ1v) is 11.4. The topological polar surface area (TPSA) is 102 Å². The highest BCUT2D eigenvalue weighted by atomic mass is 32.2. The molecule has 2 N–H and O–H groups in total. The fourth-order valence-electron chi connectivity index (χ4n) is 3.23. The Morgan fingerprint density at radius 3 is 2.16 bits per heavy atom. The van der Waals surface area contributed by atoms with Gasteiger partial charge in [0, 0.05) is 28.8 Å². The van der Waals surface area contributed by atoms with E-state index in [-0.39, 0.29) is 16.7 Å². The molecule has 7 nitrogen and oxygen atoms in total. The predicted molar refractivity (Wildman–Crippen MR) is 117 cm³/mol. The van der Waals surface area contributed by atoms with Gasteiger partial charge in [0.25, 0.3) is 11.8 Å². The molecule has 1 aliphatic rings. The number of benzene rings is 3. The molecular weight excluding hydrogens is 416 g/mol. The van der Waals surface area contributed by atoms with E-state index in [1.54, 1.807) is 42.5 Å². The van der Waals surface area contributed by atoms with E-state index < -0.39 is 9.84 Å². The molecule has 0 unspecified atom stereocenters. The number of hydrogen-bond acceptors (Lipinski definition) is 5. The third-order valence-electron chi connectivity index (χ3n) is 4.91. The lowest BCUT2D eigenvalue weighted by atomic mass is 10.1. The Kier molecular flexibility index (Phi) is 5.58. The minimum Gasteiger partial charge on any atom is -0.372 e. The second kappa shape index (κ2) is 8.33. The number of hydrogen-bond donors (Lipinski definition) is 2. The van der Waals surface area contributed by atoms with Crippen LogP contribution in [0.25, 0.3) is 0 Å². The zero-order valence-corrected chi connectivity index (χ0v) is 17.5. The van der Waals surface area contributed by atoms with Gasteiger partial charge >= 0.3 is 0 Å². The second-order valence-electron chi connectivity index (χ2n) is 7.26. The van der Waals surface area contributed by atoms with Crippen LogP contribution < -0.4 is 10.6 Å². The number of fused-ring (bicyclic) bond motifs is 1. The molecule has 0 aromatic heterocycles. The molecule has 31 heavy (non-hydrogen) atoms. The van der Waals surface area contributed by atoms with E-state index >= 15 is 0 Å². The van der Waals surface area contributed by atoms with Crippen LogP contribution in [-0.2, 0) is 27.8 Å². The van der Waals surface area contributed by atoms with Crippen LogP contribution in [0.15, 0.2) is 71.6 Å². The molecule has 4 rings (SSSR count). The molecule has 3 aromatic carbocycles. The van der Waals surface area contributed by atoms with Crippen molar-refractivity contribution in [2.75, 3.05) is 16.9 Å². The quantitative estimate of drug-likeness (QED) is 0.636. The first-order valence-electron chi connectivity index (χ1n) is 9.52. The second-order valence-corrected chi connectivity index (χ2v) is 9.28. The molecular formula is C23H20N2O5S. The SMILES string of the molecule is CS(=O)(=O)c1cccc(NC(=O)c2ccc(NC(=O)c3ccc4c(c3)COC4)cc2)c1. The first kappa shape index (κ1) is 20.8. The van der Waals surface area contributed by atoms with Crippen molar-refractivity contribution < 1.29 is 22.7 Å². The zero-order chi connectivity index (χ0) is 22.0. The number of carbonyl (C=O) groups is 2. The van der Waals surface area contributed by atoms with Crippen molar-refractivity contribution in [3.63, 3.8) is 0 Å². The maximum absolute atomic E-state index is 12.5. The lowest BCUT2D eigenvalue weighted by molar-refractivity contribution is 0.101. The molecule has 1 heterocycles. The van der Waals surface area contributed by atoms with Crippen molar-refractivity contribution in [3.8, 4) is 0 Å². The van der Waals surface area contributed by atoms with Crippen molar-refractivity contribution in [2.45, 2.75) is 18.1 Å². The van der Waals surface area contributed by atoms with Gasteiger partial charge in [-0.1, -0.05) is 12.1 Å². The maximum Gasteiger partial charge on any atom is 0.255 e. The van der Waals surface area contributed by atoms with E-state index in [2.05, 4.69) is 10.6 Å². The van der Waals surface area contributed by atoms with Gasteiger partial charge in [-0.25, -0.2) is 8.42 Å².